The van der Waals surface area contributed by atoms with E-state index in [1.54, 1.807) is 7.11 Å². The molecule has 0 unspecified atom stereocenters. The van der Waals surface area contributed by atoms with Gasteiger partial charge in [0.2, 0.25) is 0 Å². The van der Waals surface area contributed by atoms with Crippen LogP contribution in [0.2, 0.25) is 0 Å². The molecule has 1 aliphatic carbocycles. The van der Waals surface area contributed by atoms with Crippen LogP contribution in [0.1, 0.15) is 30.4 Å². The second kappa shape index (κ2) is 5.41. The zero-order valence-electron chi connectivity index (χ0n) is 9.63. The van der Waals surface area contributed by atoms with Crippen molar-refractivity contribution < 1.29 is 9.13 Å². The number of nitrogens with one attached hydrogen (secondary N) is 1. The lowest BCUT2D eigenvalue weighted by Gasteiger charge is -2.26. The van der Waals surface area contributed by atoms with Crippen molar-refractivity contribution in [2.75, 3.05) is 7.11 Å². The van der Waals surface area contributed by atoms with E-state index in [0.29, 0.717) is 18.2 Å². The van der Waals surface area contributed by atoms with Gasteiger partial charge in [0.05, 0.1) is 6.61 Å². The molecule has 1 aliphatic rings. The largest absolute Gasteiger partial charge is 0.380 e. The number of rotatable bonds is 5. The highest BCUT2D eigenvalue weighted by Crippen LogP contribution is 2.19. The predicted octanol–water partition coefficient (Wildman–Crippen LogP) is 2.61. The van der Waals surface area contributed by atoms with Crippen LogP contribution in [0.5, 0.6) is 0 Å². The average Bonchev–Trinajstić information content (AvgIpc) is 2.21. The summed E-state index contributed by atoms with van der Waals surface area (Å²) < 4.78 is 18.3. The van der Waals surface area contributed by atoms with E-state index in [2.05, 4.69) is 5.32 Å². The maximum atomic E-state index is 13.3. The van der Waals surface area contributed by atoms with Crippen LogP contribution in [0.3, 0.4) is 0 Å². The zero-order valence-corrected chi connectivity index (χ0v) is 9.63. The van der Waals surface area contributed by atoms with Crippen molar-refractivity contribution in [3.63, 3.8) is 0 Å². The zero-order chi connectivity index (χ0) is 11.4. The minimum atomic E-state index is -0.186. The van der Waals surface area contributed by atoms with Gasteiger partial charge in [0, 0.05) is 25.3 Å². The molecule has 1 N–H and O–H groups in total. The molecule has 1 aromatic rings. The van der Waals surface area contributed by atoms with Gasteiger partial charge in [-0.1, -0.05) is 12.5 Å². The predicted molar refractivity (Wildman–Crippen MR) is 61.6 cm³/mol. The summed E-state index contributed by atoms with van der Waals surface area (Å²) in [6, 6.07) is 5.90. The van der Waals surface area contributed by atoms with Crippen LogP contribution in [-0.2, 0) is 17.9 Å². The summed E-state index contributed by atoms with van der Waals surface area (Å²) in [6.07, 6.45) is 3.87. The van der Waals surface area contributed by atoms with Crippen LogP contribution >= 0.6 is 0 Å². The molecule has 0 aromatic heterocycles. The summed E-state index contributed by atoms with van der Waals surface area (Å²) >= 11 is 0. The van der Waals surface area contributed by atoms with Gasteiger partial charge in [0.1, 0.15) is 5.82 Å². The molecule has 0 saturated heterocycles. The summed E-state index contributed by atoms with van der Waals surface area (Å²) in [5.74, 6) is -0.186. The molecule has 1 fully saturated rings. The average molecular weight is 223 g/mol. The third kappa shape index (κ3) is 2.80. The molecule has 0 radical (unpaired) electrons. The van der Waals surface area contributed by atoms with Gasteiger partial charge in [0.25, 0.3) is 0 Å². The van der Waals surface area contributed by atoms with E-state index in [1.807, 2.05) is 12.1 Å². The first-order valence-electron chi connectivity index (χ1n) is 5.79. The first kappa shape index (κ1) is 11.6. The molecular weight excluding hydrogens is 205 g/mol. The van der Waals surface area contributed by atoms with Crippen molar-refractivity contribution in [1.29, 1.82) is 0 Å². The maximum Gasteiger partial charge on any atom is 0.128 e. The second-order valence-corrected chi connectivity index (χ2v) is 4.37. The van der Waals surface area contributed by atoms with E-state index in [0.717, 1.165) is 12.1 Å². The van der Waals surface area contributed by atoms with E-state index in [1.165, 1.54) is 25.3 Å². The third-order valence-corrected chi connectivity index (χ3v) is 3.11. The van der Waals surface area contributed by atoms with Gasteiger partial charge in [-0.2, -0.15) is 0 Å². The Labute approximate surface area is 95.8 Å². The lowest BCUT2D eigenvalue weighted by atomic mass is 9.93. The molecule has 0 atom stereocenters. The number of halogens is 1. The van der Waals surface area contributed by atoms with Gasteiger partial charge < -0.3 is 10.1 Å². The standard InChI is InChI=1S/C13H18FNO/c1-16-9-11-7-10(5-6-13(11)14)8-15-12-3-2-4-12/h5-7,12,15H,2-4,8-9H2,1H3. The molecular formula is C13H18FNO. The van der Waals surface area contributed by atoms with E-state index in [-0.39, 0.29) is 5.82 Å². The van der Waals surface area contributed by atoms with Gasteiger partial charge in [-0.25, -0.2) is 4.39 Å². The monoisotopic (exact) mass is 223 g/mol. The van der Waals surface area contributed by atoms with Crippen LogP contribution in [0.25, 0.3) is 0 Å². The summed E-state index contributed by atoms with van der Waals surface area (Å²) in [5, 5.41) is 3.46. The summed E-state index contributed by atoms with van der Waals surface area (Å²) in [4.78, 5) is 0. The normalized spacial score (nSPS) is 16.1. The van der Waals surface area contributed by atoms with Gasteiger partial charge in [-0.05, 0) is 30.5 Å². The number of hydrogen-bond acceptors (Lipinski definition) is 2. The molecule has 16 heavy (non-hydrogen) atoms. The Hall–Kier alpha value is -0.930. The third-order valence-electron chi connectivity index (χ3n) is 3.11. The molecule has 1 saturated carbocycles. The highest BCUT2D eigenvalue weighted by Gasteiger charge is 2.16. The molecule has 0 bridgehead atoms. The summed E-state index contributed by atoms with van der Waals surface area (Å²) in [6.45, 7) is 1.16. The van der Waals surface area contributed by atoms with Crippen molar-refractivity contribution in [2.45, 2.75) is 38.5 Å². The van der Waals surface area contributed by atoms with Crippen LogP contribution in [0.4, 0.5) is 4.39 Å². The van der Waals surface area contributed by atoms with Gasteiger partial charge in [-0.3, -0.25) is 0 Å². The van der Waals surface area contributed by atoms with Crippen LogP contribution in [0, 0.1) is 5.82 Å². The summed E-state index contributed by atoms with van der Waals surface area (Å²) in [5.41, 5.74) is 1.76. The quantitative estimate of drug-likeness (QED) is 0.828. The topological polar surface area (TPSA) is 21.3 Å². The first-order chi connectivity index (χ1) is 7.79. The maximum absolute atomic E-state index is 13.3. The lowest BCUT2D eigenvalue weighted by molar-refractivity contribution is 0.181. The molecule has 2 nitrogen and oxygen atoms in total. The van der Waals surface area contributed by atoms with Crippen molar-refractivity contribution in [3.05, 3.63) is 35.1 Å². The van der Waals surface area contributed by atoms with Crippen molar-refractivity contribution in [1.82, 2.24) is 5.32 Å². The molecule has 3 heteroatoms. The number of ether oxygens (including phenoxy) is 1. The first-order valence-corrected chi connectivity index (χ1v) is 5.79. The van der Waals surface area contributed by atoms with E-state index in [9.17, 15) is 4.39 Å². The number of methoxy groups -OCH3 is 1. The fourth-order valence-electron chi connectivity index (χ4n) is 1.88. The summed E-state index contributed by atoms with van der Waals surface area (Å²) in [7, 11) is 1.58. The van der Waals surface area contributed by atoms with Crippen LogP contribution in [-0.4, -0.2) is 13.2 Å². The molecule has 0 heterocycles. The van der Waals surface area contributed by atoms with Crippen molar-refractivity contribution in [2.24, 2.45) is 0 Å². The molecule has 0 aliphatic heterocycles. The van der Waals surface area contributed by atoms with Gasteiger partial charge in [-0.15, -0.1) is 0 Å². The molecule has 0 spiro atoms. The van der Waals surface area contributed by atoms with E-state index < -0.39 is 0 Å². The van der Waals surface area contributed by atoms with Gasteiger partial charge >= 0.3 is 0 Å². The van der Waals surface area contributed by atoms with Gasteiger partial charge in [0.15, 0.2) is 0 Å². The Morgan fingerprint density at radius 3 is 2.88 bits per heavy atom. The number of hydrogen-bond donors (Lipinski definition) is 1. The van der Waals surface area contributed by atoms with Crippen LogP contribution < -0.4 is 5.32 Å². The van der Waals surface area contributed by atoms with Crippen LogP contribution in [0.15, 0.2) is 18.2 Å². The Morgan fingerprint density at radius 2 is 2.25 bits per heavy atom. The highest BCUT2D eigenvalue weighted by molar-refractivity contribution is 5.24. The fourth-order valence-corrected chi connectivity index (χ4v) is 1.88. The SMILES string of the molecule is COCc1cc(CNC2CCC2)ccc1F. The highest BCUT2D eigenvalue weighted by atomic mass is 19.1. The second-order valence-electron chi connectivity index (χ2n) is 4.37. The van der Waals surface area contributed by atoms with E-state index >= 15 is 0 Å². The Morgan fingerprint density at radius 1 is 1.44 bits per heavy atom. The van der Waals surface area contributed by atoms with E-state index in [4.69, 9.17) is 4.74 Å². The molecule has 2 rings (SSSR count). The molecule has 0 amide bonds. The van der Waals surface area contributed by atoms with Crippen molar-refractivity contribution >= 4 is 0 Å². The Kier molecular flexibility index (Phi) is 3.91. The number of benzene rings is 1. The molecule has 88 valence electrons. The Bertz CT molecular complexity index is 350. The lowest BCUT2D eigenvalue weighted by Crippen LogP contribution is -2.34. The Balaban J connectivity index is 1.94. The minimum Gasteiger partial charge on any atom is -0.380 e. The molecule has 1 aromatic carbocycles. The van der Waals surface area contributed by atoms with Crippen molar-refractivity contribution in [3.8, 4) is 0 Å². The fraction of sp³-hybridized carbons (Fsp3) is 0.538. The minimum absolute atomic E-state index is 0.186. The smallest absolute Gasteiger partial charge is 0.128 e.